The molecule has 336 valence electrons. The number of hydrogen-bond acceptors (Lipinski definition) is 4. The van der Waals surface area contributed by atoms with Crippen molar-refractivity contribution in [3.8, 4) is 0 Å². The van der Waals surface area contributed by atoms with Crippen molar-refractivity contribution in [3.05, 3.63) is 244 Å². The average molecular weight is 962 g/mol. The number of aromatic nitrogens is 4. The monoisotopic (exact) mass is 960 g/mol. The van der Waals surface area contributed by atoms with E-state index in [1.165, 1.54) is 21.8 Å². The molecule has 14 heteroatoms. The van der Waals surface area contributed by atoms with Crippen LogP contribution in [0.2, 0.25) is 0 Å². The molecule has 2 aromatic heterocycles. The second-order valence-electron chi connectivity index (χ2n) is 16.8. The molecule has 9 rings (SSSR count). The molecule has 0 amide bonds. The molecule has 0 aliphatic carbocycles. The maximum Gasteiger partial charge on any atom is 0.498 e. The molecule has 6 nitrogen and oxygen atoms in total. The Morgan fingerprint density at radius 1 is 0.424 bits per heavy atom. The summed E-state index contributed by atoms with van der Waals surface area (Å²) in [5.74, 6) is 0. The van der Waals surface area contributed by atoms with Gasteiger partial charge in [0.05, 0.1) is 15.7 Å². The Kier molecular flexibility index (Phi) is 12.5. The van der Waals surface area contributed by atoms with Crippen molar-refractivity contribution in [2.75, 3.05) is 0 Å². The summed E-state index contributed by atoms with van der Waals surface area (Å²) in [6.07, 6.45) is -6.46. The zero-order chi connectivity index (χ0) is 47.0. The maximum atomic E-state index is 14.5. The second-order valence-corrected chi connectivity index (χ2v) is 17.7. The van der Waals surface area contributed by atoms with Gasteiger partial charge in [-0.15, -0.1) is 0 Å². The van der Waals surface area contributed by atoms with Crippen LogP contribution < -0.4 is 5.46 Å². The van der Waals surface area contributed by atoms with Gasteiger partial charge in [-0.2, -0.15) is 36.5 Å². The van der Waals surface area contributed by atoms with Gasteiger partial charge < -0.3 is 9.31 Å². The molecular formula is C52H44BBrF6N4O2. The molecule has 0 bridgehead atoms. The van der Waals surface area contributed by atoms with Crippen LogP contribution in [0.15, 0.2) is 199 Å². The zero-order valence-corrected chi connectivity index (χ0v) is 37.9. The van der Waals surface area contributed by atoms with Crippen molar-refractivity contribution in [2.45, 2.75) is 62.3 Å². The summed E-state index contributed by atoms with van der Waals surface area (Å²) in [4.78, 5) is 0. The predicted molar refractivity (Wildman–Crippen MR) is 247 cm³/mol. The Morgan fingerprint density at radius 2 is 0.682 bits per heavy atom. The quantitative estimate of drug-likeness (QED) is 0.0822. The second kappa shape index (κ2) is 17.9. The molecule has 3 heterocycles. The van der Waals surface area contributed by atoms with Crippen LogP contribution in [0.1, 0.15) is 72.5 Å². The van der Waals surface area contributed by atoms with Crippen LogP contribution in [-0.2, 0) is 32.7 Å². The molecule has 0 N–H and O–H groups in total. The van der Waals surface area contributed by atoms with Gasteiger partial charge in [-0.05, 0) is 77.0 Å². The molecular weight excluding hydrogens is 917 g/mol. The summed E-state index contributed by atoms with van der Waals surface area (Å²) in [6, 6.07) is 56.6. The number of nitrogens with zero attached hydrogens (tertiary/aromatic N) is 4. The van der Waals surface area contributed by atoms with Crippen LogP contribution in [0.5, 0.6) is 0 Å². The largest absolute Gasteiger partial charge is 0.498 e. The first-order chi connectivity index (χ1) is 31.4. The van der Waals surface area contributed by atoms with Crippen molar-refractivity contribution in [1.82, 2.24) is 19.6 Å². The Hall–Kier alpha value is -6.22. The number of halogens is 7. The van der Waals surface area contributed by atoms with E-state index in [1.807, 2.05) is 210 Å². The molecule has 0 atom stereocenters. The summed E-state index contributed by atoms with van der Waals surface area (Å²) < 4.78 is 99.0. The lowest BCUT2D eigenvalue weighted by Crippen LogP contribution is -2.41. The summed E-state index contributed by atoms with van der Waals surface area (Å²) in [7, 11) is -1.23. The Morgan fingerprint density at radius 3 is 0.939 bits per heavy atom. The van der Waals surface area contributed by atoms with Gasteiger partial charge >= 0.3 is 19.5 Å². The van der Waals surface area contributed by atoms with Crippen molar-refractivity contribution in [3.63, 3.8) is 0 Å². The normalized spacial score (nSPS) is 15.0. The number of benzene rings is 6. The van der Waals surface area contributed by atoms with E-state index in [0.29, 0.717) is 0 Å². The molecule has 0 unspecified atom stereocenters. The van der Waals surface area contributed by atoms with E-state index < -0.39 is 53.1 Å². The van der Waals surface area contributed by atoms with E-state index in [0.717, 1.165) is 33.4 Å². The SMILES string of the molecule is CC1(C)OB(c2cn(C(c3ccccc3)(c3ccccc3)c3ccccc3)nc2C(F)(F)F)OC1(C)C.FC(F)(F)c1nn(C(c2ccccc2)(c2ccccc2)c2ccccc2)cc1Br. The van der Waals surface area contributed by atoms with Gasteiger partial charge in [0.15, 0.2) is 11.4 Å². The number of hydrogen-bond donors (Lipinski definition) is 0. The van der Waals surface area contributed by atoms with Crippen LogP contribution >= 0.6 is 15.9 Å². The molecule has 1 saturated heterocycles. The maximum absolute atomic E-state index is 14.5. The van der Waals surface area contributed by atoms with Crippen molar-refractivity contribution in [2.24, 2.45) is 0 Å². The molecule has 0 spiro atoms. The molecule has 66 heavy (non-hydrogen) atoms. The van der Waals surface area contributed by atoms with Gasteiger partial charge in [0.2, 0.25) is 0 Å². The Bertz CT molecular complexity index is 2650. The fraction of sp³-hybridized carbons (Fsp3) is 0.192. The highest BCUT2D eigenvalue weighted by atomic mass is 79.9. The predicted octanol–water partition coefficient (Wildman–Crippen LogP) is 12.5. The lowest BCUT2D eigenvalue weighted by molar-refractivity contribution is -0.142. The highest BCUT2D eigenvalue weighted by Crippen LogP contribution is 2.45. The van der Waals surface area contributed by atoms with Gasteiger partial charge in [0.1, 0.15) is 11.1 Å². The third kappa shape index (κ3) is 8.42. The molecule has 0 radical (unpaired) electrons. The minimum absolute atomic E-state index is 0.0998. The highest BCUT2D eigenvalue weighted by molar-refractivity contribution is 9.10. The minimum atomic E-state index is -4.72. The molecule has 1 aliphatic rings. The van der Waals surface area contributed by atoms with Crippen LogP contribution in [0.25, 0.3) is 0 Å². The number of alkyl halides is 6. The molecule has 8 aromatic rings. The lowest BCUT2D eigenvalue weighted by Gasteiger charge is -2.36. The molecule has 1 aliphatic heterocycles. The third-order valence-electron chi connectivity index (χ3n) is 12.3. The van der Waals surface area contributed by atoms with Crippen molar-refractivity contribution in [1.29, 1.82) is 0 Å². The summed E-state index contributed by atoms with van der Waals surface area (Å²) >= 11 is 3.06. The lowest BCUT2D eigenvalue weighted by atomic mass is 9.76. The van der Waals surface area contributed by atoms with Crippen LogP contribution in [0, 0.1) is 0 Å². The van der Waals surface area contributed by atoms with Gasteiger partial charge in [-0.25, -0.2) is 0 Å². The van der Waals surface area contributed by atoms with Gasteiger partial charge in [-0.1, -0.05) is 182 Å². The summed E-state index contributed by atoms with van der Waals surface area (Å²) in [5, 5.41) is 8.28. The number of rotatable bonds is 9. The molecule has 0 saturated carbocycles. The first-order valence-corrected chi connectivity index (χ1v) is 21.9. The average Bonchev–Trinajstić information content (AvgIpc) is 4.00. The smallest absolute Gasteiger partial charge is 0.399 e. The van der Waals surface area contributed by atoms with E-state index in [4.69, 9.17) is 9.31 Å². The molecule has 1 fully saturated rings. The van der Waals surface area contributed by atoms with E-state index in [1.54, 1.807) is 0 Å². The van der Waals surface area contributed by atoms with E-state index in [2.05, 4.69) is 26.1 Å². The first kappa shape index (κ1) is 46.3. The van der Waals surface area contributed by atoms with Crippen LogP contribution in [0.3, 0.4) is 0 Å². The van der Waals surface area contributed by atoms with Crippen molar-refractivity contribution >= 4 is 28.5 Å². The highest BCUT2D eigenvalue weighted by Gasteiger charge is 2.56. The van der Waals surface area contributed by atoms with Crippen LogP contribution in [-0.4, -0.2) is 37.9 Å². The first-order valence-electron chi connectivity index (χ1n) is 21.1. The van der Waals surface area contributed by atoms with Crippen molar-refractivity contribution < 1.29 is 35.7 Å². The van der Waals surface area contributed by atoms with Crippen LogP contribution in [0.4, 0.5) is 26.3 Å². The van der Waals surface area contributed by atoms with E-state index in [-0.39, 0.29) is 9.94 Å². The Labute approximate surface area is 388 Å². The fourth-order valence-corrected chi connectivity index (χ4v) is 9.01. The minimum Gasteiger partial charge on any atom is -0.399 e. The fourth-order valence-electron chi connectivity index (χ4n) is 8.51. The topological polar surface area (TPSA) is 54.1 Å². The van der Waals surface area contributed by atoms with Gasteiger partial charge in [0.25, 0.3) is 0 Å². The van der Waals surface area contributed by atoms with E-state index in [9.17, 15) is 26.3 Å². The standard InChI is InChI=1S/C29H28BF3N2O2.C23H16BrF3N2/c1-26(2)27(3,4)37-30(36-26)24-20-35(34-25(24)29(31,32)33)28(21-14-8-5-9-15-21,22-16-10-6-11-17-22)23-18-12-7-13-19-23;24-20-16-29(28-21(20)23(25,26)27)22(17-10-4-1-5-11-17,18-12-6-2-7-13-18)19-14-8-3-9-15-19/h5-20H,1-4H3;1-16H. The van der Waals surface area contributed by atoms with E-state index >= 15 is 0 Å². The third-order valence-corrected chi connectivity index (χ3v) is 12.9. The summed E-state index contributed by atoms with van der Waals surface area (Å²) in [5.41, 5.74) is -1.29. The van der Waals surface area contributed by atoms with Gasteiger partial charge in [0, 0.05) is 17.9 Å². The molecule has 6 aromatic carbocycles. The van der Waals surface area contributed by atoms with Gasteiger partial charge in [-0.3, -0.25) is 9.36 Å². The Balaban J connectivity index is 0.000000185. The zero-order valence-electron chi connectivity index (χ0n) is 36.3. The summed E-state index contributed by atoms with van der Waals surface area (Å²) in [6.45, 7) is 7.25.